The van der Waals surface area contributed by atoms with Crippen LogP contribution in [0.1, 0.15) is 35.6 Å². The number of phenolic OH excluding ortho intramolecular Hbond substituents is 1. The molecule has 0 fully saturated rings. The third-order valence-electron chi connectivity index (χ3n) is 2.73. The molecule has 1 N–H and O–H groups in total. The van der Waals surface area contributed by atoms with Crippen molar-refractivity contribution in [3.63, 3.8) is 0 Å². The van der Waals surface area contributed by atoms with Gasteiger partial charge in [0.15, 0.2) is 0 Å². The van der Waals surface area contributed by atoms with Gasteiger partial charge < -0.3 is 5.11 Å². The van der Waals surface area contributed by atoms with Crippen LogP contribution in [-0.2, 0) is 6.42 Å². The summed E-state index contributed by atoms with van der Waals surface area (Å²) in [5.41, 5.74) is 4.88. The molecular formula is C12H18O. The zero-order valence-electron chi connectivity index (χ0n) is 8.94. The molecule has 0 aliphatic heterocycles. The van der Waals surface area contributed by atoms with Gasteiger partial charge in [-0.15, -0.1) is 0 Å². The van der Waals surface area contributed by atoms with Crippen LogP contribution >= 0.6 is 0 Å². The van der Waals surface area contributed by atoms with E-state index in [-0.39, 0.29) is 0 Å². The summed E-state index contributed by atoms with van der Waals surface area (Å²) in [6.07, 6.45) is 2.27. The number of hydrogen-bond donors (Lipinski definition) is 1. The first kappa shape index (κ1) is 10.1. The highest BCUT2D eigenvalue weighted by Crippen LogP contribution is 2.27. The fourth-order valence-corrected chi connectivity index (χ4v) is 1.75. The topological polar surface area (TPSA) is 20.2 Å². The molecule has 0 aliphatic carbocycles. The summed E-state index contributed by atoms with van der Waals surface area (Å²) in [6, 6.07) is 1.87. The molecule has 0 aliphatic rings. The Morgan fingerprint density at radius 2 is 1.77 bits per heavy atom. The summed E-state index contributed by atoms with van der Waals surface area (Å²) in [7, 11) is 0. The average Bonchev–Trinajstić information content (AvgIpc) is 2.09. The predicted octanol–water partition coefficient (Wildman–Crippen LogP) is 3.27. The zero-order valence-corrected chi connectivity index (χ0v) is 8.94. The first-order valence-electron chi connectivity index (χ1n) is 4.86. The van der Waals surface area contributed by atoms with Crippen LogP contribution in [0.3, 0.4) is 0 Å². The second kappa shape index (κ2) is 3.82. The van der Waals surface area contributed by atoms with E-state index in [9.17, 15) is 5.11 Å². The van der Waals surface area contributed by atoms with E-state index < -0.39 is 0 Å². The van der Waals surface area contributed by atoms with Crippen LogP contribution in [0.15, 0.2) is 6.07 Å². The Labute approximate surface area is 80.4 Å². The second-order valence-corrected chi connectivity index (χ2v) is 3.69. The standard InChI is InChI=1S/C12H18O/c1-5-6-11-8(2)7-12(13)10(4)9(11)3/h7,13H,5-6H2,1-4H3. The molecule has 0 bridgehead atoms. The number of benzene rings is 1. The van der Waals surface area contributed by atoms with Gasteiger partial charge in [-0.3, -0.25) is 0 Å². The van der Waals surface area contributed by atoms with E-state index in [4.69, 9.17) is 0 Å². The Balaban J connectivity index is 3.26. The number of aryl methyl sites for hydroxylation is 1. The Hall–Kier alpha value is -0.980. The van der Waals surface area contributed by atoms with Gasteiger partial charge in [-0.05, 0) is 55.5 Å². The summed E-state index contributed by atoms with van der Waals surface area (Å²) in [4.78, 5) is 0. The quantitative estimate of drug-likeness (QED) is 0.737. The van der Waals surface area contributed by atoms with Gasteiger partial charge >= 0.3 is 0 Å². The van der Waals surface area contributed by atoms with E-state index in [2.05, 4.69) is 20.8 Å². The molecule has 1 rings (SSSR count). The molecule has 0 spiro atoms. The summed E-state index contributed by atoms with van der Waals surface area (Å²) in [5.74, 6) is 0.426. The summed E-state index contributed by atoms with van der Waals surface area (Å²) < 4.78 is 0. The third kappa shape index (κ3) is 1.85. The summed E-state index contributed by atoms with van der Waals surface area (Å²) in [6.45, 7) is 8.31. The van der Waals surface area contributed by atoms with Gasteiger partial charge in [0.05, 0.1) is 0 Å². The van der Waals surface area contributed by atoms with Crippen molar-refractivity contribution < 1.29 is 5.11 Å². The van der Waals surface area contributed by atoms with Crippen molar-refractivity contribution in [1.29, 1.82) is 0 Å². The van der Waals surface area contributed by atoms with E-state index >= 15 is 0 Å². The second-order valence-electron chi connectivity index (χ2n) is 3.69. The molecule has 0 amide bonds. The maximum atomic E-state index is 9.57. The third-order valence-corrected chi connectivity index (χ3v) is 2.73. The average molecular weight is 178 g/mol. The van der Waals surface area contributed by atoms with Crippen molar-refractivity contribution in [2.24, 2.45) is 0 Å². The van der Waals surface area contributed by atoms with Crippen molar-refractivity contribution >= 4 is 0 Å². The van der Waals surface area contributed by atoms with Gasteiger partial charge in [0.25, 0.3) is 0 Å². The number of hydrogen-bond acceptors (Lipinski definition) is 1. The number of aromatic hydroxyl groups is 1. The van der Waals surface area contributed by atoms with E-state index in [0.29, 0.717) is 5.75 Å². The maximum absolute atomic E-state index is 9.57. The van der Waals surface area contributed by atoms with Gasteiger partial charge in [0, 0.05) is 0 Å². The van der Waals surface area contributed by atoms with Crippen LogP contribution in [0, 0.1) is 20.8 Å². The highest BCUT2D eigenvalue weighted by molar-refractivity contribution is 5.47. The predicted molar refractivity (Wildman–Crippen MR) is 56.3 cm³/mol. The minimum Gasteiger partial charge on any atom is -0.508 e. The van der Waals surface area contributed by atoms with Crippen molar-refractivity contribution in [3.05, 3.63) is 28.3 Å². The van der Waals surface area contributed by atoms with Gasteiger partial charge in [0.1, 0.15) is 5.75 Å². The van der Waals surface area contributed by atoms with Gasteiger partial charge in [-0.1, -0.05) is 13.3 Å². The molecule has 13 heavy (non-hydrogen) atoms. The van der Waals surface area contributed by atoms with Crippen LogP contribution in [0.2, 0.25) is 0 Å². The van der Waals surface area contributed by atoms with Crippen molar-refractivity contribution in [2.45, 2.75) is 40.5 Å². The first-order valence-corrected chi connectivity index (χ1v) is 4.86. The van der Waals surface area contributed by atoms with E-state index in [1.54, 1.807) is 0 Å². The smallest absolute Gasteiger partial charge is 0.119 e. The Kier molecular flexibility index (Phi) is 2.97. The van der Waals surface area contributed by atoms with Gasteiger partial charge in [0.2, 0.25) is 0 Å². The lowest BCUT2D eigenvalue weighted by Gasteiger charge is -2.12. The fourth-order valence-electron chi connectivity index (χ4n) is 1.75. The lowest BCUT2D eigenvalue weighted by molar-refractivity contribution is 0.469. The minimum absolute atomic E-state index is 0.426. The maximum Gasteiger partial charge on any atom is 0.119 e. The molecule has 0 aromatic heterocycles. The lowest BCUT2D eigenvalue weighted by Crippen LogP contribution is -1.96. The van der Waals surface area contributed by atoms with Crippen LogP contribution in [0.4, 0.5) is 0 Å². The summed E-state index contributed by atoms with van der Waals surface area (Å²) >= 11 is 0. The van der Waals surface area contributed by atoms with Crippen LogP contribution in [0.5, 0.6) is 5.75 Å². The van der Waals surface area contributed by atoms with E-state index in [1.165, 1.54) is 16.7 Å². The molecule has 0 atom stereocenters. The Bertz CT molecular complexity index is 313. The molecular weight excluding hydrogens is 160 g/mol. The number of rotatable bonds is 2. The molecule has 1 aromatic rings. The number of phenols is 1. The molecule has 0 unspecified atom stereocenters. The minimum atomic E-state index is 0.426. The summed E-state index contributed by atoms with van der Waals surface area (Å²) in [5, 5.41) is 9.57. The largest absolute Gasteiger partial charge is 0.508 e. The fraction of sp³-hybridized carbons (Fsp3) is 0.500. The molecule has 1 heteroatoms. The SMILES string of the molecule is CCCc1c(C)cc(O)c(C)c1C. The van der Waals surface area contributed by atoms with E-state index in [0.717, 1.165) is 18.4 Å². The Morgan fingerprint density at radius 3 is 2.31 bits per heavy atom. The van der Waals surface area contributed by atoms with E-state index in [1.807, 2.05) is 13.0 Å². The molecule has 1 aromatic carbocycles. The van der Waals surface area contributed by atoms with Crippen molar-refractivity contribution in [1.82, 2.24) is 0 Å². The van der Waals surface area contributed by atoms with Crippen molar-refractivity contribution in [3.8, 4) is 5.75 Å². The first-order chi connectivity index (χ1) is 6.07. The highest BCUT2D eigenvalue weighted by atomic mass is 16.3. The molecule has 72 valence electrons. The van der Waals surface area contributed by atoms with Gasteiger partial charge in [-0.2, -0.15) is 0 Å². The van der Waals surface area contributed by atoms with Crippen molar-refractivity contribution in [2.75, 3.05) is 0 Å². The van der Waals surface area contributed by atoms with Crippen LogP contribution < -0.4 is 0 Å². The van der Waals surface area contributed by atoms with Gasteiger partial charge in [-0.25, -0.2) is 0 Å². The lowest BCUT2D eigenvalue weighted by atomic mass is 9.94. The molecule has 0 saturated heterocycles. The zero-order chi connectivity index (χ0) is 10.0. The highest BCUT2D eigenvalue weighted by Gasteiger charge is 2.07. The van der Waals surface area contributed by atoms with Crippen LogP contribution in [0.25, 0.3) is 0 Å². The monoisotopic (exact) mass is 178 g/mol. The normalized spacial score (nSPS) is 10.5. The molecule has 0 saturated carbocycles. The molecule has 1 nitrogen and oxygen atoms in total. The van der Waals surface area contributed by atoms with Crippen LogP contribution in [-0.4, -0.2) is 5.11 Å². The molecule has 0 heterocycles. The molecule has 0 radical (unpaired) electrons. The Morgan fingerprint density at radius 1 is 1.15 bits per heavy atom.